The van der Waals surface area contributed by atoms with Gasteiger partial charge in [0, 0.05) is 25.1 Å². The molecule has 2 aromatic carbocycles. The molecule has 26 heavy (non-hydrogen) atoms. The third kappa shape index (κ3) is 4.05. The van der Waals surface area contributed by atoms with Crippen molar-refractivity contribution in [3.05, 3.63) is 75.8 Å². The van der Waals surface area contributed by atoms with Gasteiger partial charge in [-0.1, -0.05) is 42.5 Å². The molecule has 1 atom stereocenters. The second-order valence-corrected chi connectivity index (χ2v) is 6.09. The quantitative estimate of drug-likeness (QED) is 0.452. The molecule has 2 aromatic rings. The van der Waals surface area contributed by atoms with Crippen LogP contribution in [0.2, 0.25) is 0 Å². The zero-order chi connectivity index (χ0) is 18.5. The lowest BCUT2D eigenvalue weighted by Gasteiger charge is -2.23. The largest absolute Gasteiger partial charge is 0.459 e. The van der Waals surface area contributed by atoms with Gasteiger partial charge in [-0.25, -0.2) is 4.79 Å². The molecule has 0 spiro atoms. The van der Waals surface area contributed by atoms with E-state index >= 15 is 0 Å². The molecule has 1 heterocycles. The van der Waals surface area contributed by atoms with Crippen LogP contribution in [0.15, 0.2) is 54.6 Å². The lowest BCUT2D eigenvalue weighted by molar-refractivity contribution is -0.384. The van der Waals surface area contributed by atoms with E-state index in [2.05, 4.69) is 0 Å². The third-order valence-electron chi connectivity index (χ3n) is 4.32. The fraction of sp³-hybridized carbons (Fsp3) is 0.263. The van der Waals surface area contributed by atoms with Crippen molar-refractivity contribution < 1.29 is 19.2 Å². The number of carbonyl (C=O) groups excluding carboxylic acids is 2. The van der Waals surface area contributed by atoms with E-state index in [9.17, 15) is 19.7 Å². The fourth-order valence-electron chi connectivity index (χ4n) is 2.92. The van der Waals surface area contributed by atoms with Crippen LogP contribution in [0.25, 0.3) is 0 Å². The molecule has 0 saturated carbocycles. The first-order valence-electron chi connectivity index (χ1n) is 8.28. The van der Waals surface area contributed by atoms with Gasteiger partial charge in [0.2, 0.25) is 5.91 Å². The van der Waals surface area contributed by atoms with E-state index in [1.54, 1.807) is 12.1 Å². The van der Waals surface area contributed by atoms with Gasteiger partial charge in [0.15, 0.2) is 0 Å². The molecule has 0 N–H and O–H groups in total. The molecule has 134 valence electrons. The van der Waals surface area contributed by atoms with Crippen LogP contribution >= 0.6 is 0 Å². The molecule has 7 nitrogen and oxygen atoms in total. The van der Waals surface area contributed by atoms with Crippen molar-refractivity contribution in [2.75, 3.05) is 0 Å². The van der Waals surface area contributed by atoms with Crippen LogP contribution in [-0.4, -0.2) is 27.7 Å². The van der Waals surface area contributed by atoms with Gasteiger partial charge in [-0.3, -0.25) is 14.9 Å². The lowest BCUT2D eigenvalue weighted by Crippen LogP contribution is -2.39. The van der Waals surface area contributed by atoms with Gasteiger partial charge in [-0.05, 0) is 17.5 Å². The Kier molecular flexibility index (Phi) is 5.26. The normalized spacial score (nSPS) is 16.5. The maximum absolute atomic E-state index is 12.4. The fourth-order valence-corrected chi connectivity index (χ4v) is 2.92. The minimum Gasteiger partial charge on any atom is -0.459 e. The molecule has 0 aliphatic carbocycles. The second kappa shape index (κ2) is 7.77. The molecule has 1 unspecified atom stereocenters. The van der Waals surface area contributed by atoms with E-state index in [4.69, 9.17) is 4.74 Å². The number of ether oxygens (including phenoxy) is 1. The number of likely N-dealkylation sites (tertiary alicyclic amines) is 1. The molecular formula is C19H18N2O5. The molecule has 1 amide bonds. The maximum atomic E-state index is 12.4. The molecule has 1 saturated heterocycles. The maximum Gasteiger partial charge on any atom is 0.329 e. The highest BCUT2D eigenvalue weighted by molar-refractivity contribution is 5.88. The summed E-state index contributed by atoms with van der Waals surface area (Å²) in [7, 11) is 0. The summed E-state index contributed by atoms with van der Waals surface area (Å²) in [5, 5.41) is 10.7. The van der Waals surface area contributed by atoms with Crippen molar-refractivity contribution in [2.45, 2.75) is 32.0 Å². The van der Waals surface area contributed by atoms with E-state index in [1.807, 2.05) is 30.3 Å². The Morgan fingerprint density at radius 2 is 1.81 bits per heavy atom. The number of nitrogens with zero attached hydrogens (tertiary/aromatic N) is 2. The average Bonchev–Trinajstić information content (AvgIpc) is 3.01. The Balaban J connectivity index is 1.64. The number of hydrogen-bond acceptors (Lipinski definition) is 5. The highest BCUT2D eigenvalue weighted by Crippen LogP contribution is 2.24. The summed E-state index contributed by atoms with van der Waals surface area (Å²) >= 11 is 0. The van der Waals surface area contributed by atoms with Crippen LogP contribution in [0.1, 0.15) is 24.0 Å². The molecule has 0 aromatic heterocycles. The summed E-state index contributed by atoms with van der Waals surface area (Å²) in [6, 6.07) is 14.7. The number of esters is 1. The predicted molar refractivity (Wildman–Crippen MR) is 92.9 cm³/mol. The minimum atomic E-state index is -0.624. The predicted octanol–water partition coefficient (Wildman–Crippen LogP) is 2.83. The molecule has 3 rings (SSSR count). The molecule has 0 radical (unpaired) electrons. The van der Waals surface area contributed by atoms with E-state index in [-0.39, 0.29) is 31.2 Å². The van der Waals surface area contributed by atoms with Crippen molar-refractivity contribution in [3.8, 4) is 0 Å². The first-order valence-corrected chi connectivity index (χ1v) is 8.28. The van der Waals surface area contributed by atoms with Crippen LogP contribution in [0, 0.1) is 10.1 Å². The number of non-ortho nitro benzene ring substituents is 1. The van der Waals surface area contributed by atoms with Gasteiger partial charge < -0.3 is 9.64 Å². The summed E-state index contributed by atoms with van der Waals surface area (Å²) in [6.45, 7) is 0.387. The Labute approximate surface area is 150 Å². The van der Waals surface area contributed by atoms with E-state index < -0.39 is 16.9 Å². The van der Waals surface area contributed by atoms with E-state index in [0.717, 1.165) is 11.1 Å². The van der Waals surface area contributed by atoms with Crippen LogP contribution in [0.4, 0.5) is 5.69 Å². The monoisotopic (exact) mass is 354 g/mol. The summed E-state index contributed by atoms with van der Waals surface area (Å²) < 4.78 is 5.36. The second-order valence-electron chi connectivity index (χ2n) is 6.09. The summed E-state index contributed by atoms with van der Waals surface area (Å²) in [6.07, 6.45) is 0.706. The van der Waals surface area contributed by atoms with Crippen molar-refractivity contribution in [3.63, 3.8) is 0 Å². The number of nitro benzene ring substituents is 1. The molecular weight excluding hydrogens is 336 g/mol. The Hall–Kier alpha value is -3.22. The zero-order valence-electron chi connectivity index (χ0n) is 14.0. The first-order chi connectivity index (χ1) is 12.5. The Bertz CT molecular complexity index is 804. The summed E-state index contributed by atoms with van der Waals surface area (Å²) in [4.78, 5) is 36.3. The SMILES string of the molecule is O=C(OCc1ccccc1)C1CCC(=O)N1Cc1ccc([N+](=O)[O-])cc1. The van der Waals surface area contributed by atoms with Gasteiger partial charge >= 0.3 is 5.97 Å². The van der Waals surface area contributed by atoms with Crippen molar-refractivity contribution in [1.82, 2.24) is 4.90 Å². The molecule has 7 heteroatoms. The zero-order valence-corrected chi connectivity index (χ0v) is 14.0. The van der Waals surface area contributed by atoms with Crippen molar-refractivity contribution in [2.24, 2.45) is 0 Å². The Morgan fingerprint density at radius 3 is 2.46 bits per heavy atom. The number of amides is 1. The molecule has 1 fully saturated rings. The smallest absolute Gasteiger partial charge is 0.329 e. The minimum absolute atomic E-state index is 0.0136. The van der Waals surface area contributed by atoms with Crippen LogP contribution in [0.5, 0.6) is 0 Å². The van der Waals surface area contributed by atoms with Gasteiger partial charge in [-0.2, -0.15) is 0 Å². The third-order valence-corrected chi connectivity index (χ3v) is 4.32. The van der Waals surface area contributed by atoms with Crippen LogP contribution in [0.3, 0.4) is 0 Å². The standard InChI is InChI=1S/C19H18N2O5/c22-18-11-10-17(19(23)26-13-15-4-2-1-3-5-15)20(18)12-14-6-8-16(9-7-14)21(24)25/h1-9,17H,10-13H2. The lowest BCUT2D eigenvalue weighted by atomic mass is 10.1. The number of hydrogen-bond donors (Lipinski definition) is 0. The van der Waals surface area contributed by atoms with Gasteiger partial charge in [-0.15, -0.1) is 0 Å². The first kappa shape index (κ1) is 17.6. The van der Waals surface area contributed by atoms with E-state index in [1.165, 1.54) is 17.0 Å². The molecule has 0 bridgehead atoms. The number of rotatable bonds is 6. The highest BCUT2D eigenvalue weighted by Gasteiger charge is 2.37. The number of carbonyl (C=O) groups is 2. The summed E-state index contributed by atoms with van der Waals surface area (Å²) in [5.41, 5.74) is 1.60. The molecule has 1 aliphatic rings. The number of nitro groups is 1. The average molecular weight is 354 g/mol. The van der Waals surface area contributed by atoms with Crippen molar-refractivity contribution >= 4 is 17.6 Å². The molecule has 1 aliphatic heterocycles. The van der Waals surface area contributed by atoms with Gasteiger partial charge in [0.25, 0.3) is 5.69 Å². The highest BCUT2D eigenvalue weighted by atomic mass is 16.6. The Morgan fingerprint density at radius 1 is 1.12 bits per heavy atom. The van der Waals surface area contributed by atoms with Gasteiger partial charge in [0.1, 0.15) is 12.6 Å². The van der Waals surface area contributed by atoms with E-state index in [0.29, 0.717) is 6.42 Å². The van der Waals surface area contributed by atoms with Crippen molar-refractivity contribution in [1.29, 1.82) is 0 Å². The summed E-state index contributed by atoms with van der Waals surface area (Å²) in [5.74, 6) is -0.549. The van der Waals surface area contributed by atoms with Crippen LogP contribution in [-0.2, 0) is 27.5 Å². The topological polar surface area (TPSA) is 89.8 Å². The van der Waals surface area contributed by atoms with Gasteiger partial charge in [0.05, 0.1) is 4.92 Å². The number of benzene rings is 2. The van der Waals surface area contributed by atoms with Crippen LogP contribution < -0.4 is 0 Å².